The lowest BCUT2D eigenvalue weighted by Gasteiger charge is -2.27. The van der Waals surface area contributed by atoms with Gasteiger partial charge in [-0.25, -0.2) is 0 Å². The zero-order valence-electron chi connectivity index (χ0n) is 18.0. The molecule has 1 N–H and O–H groups in total. The lowest BCUT2D eigenvalue weighted by molar-refractivity contribution is -0.113. The average molecular weight is 461 g/mol. The van der Waals surface area contributed by atoms with Crippen molar-refractivity contribution in [2.75, 3.05) is 42.3 Å². The molecule has 0 spiro atoms. The first-order chi connectivity index (χ1) is 15.1. The zero-order chi connectivity index (χ0) is 21.8. The van der Waals surface area contributed by atoms with Crippen LogP contribution in [0.15, 0.2) is 4.34 Å². The number of aromatic nitrogens is 3. The van der Waals surface area contributed by atoms with Gasteiger partial charge in [0.25, 0.3) is 0 Å². The maximum absolute atomic E-state index is 12.8. The molecular formula is C21H28N6O2S2. The molecule has 0 aromatic carbocycles. The van der Waals surface area contributed by atoms with Gasteiger partial charge in [0, 0.05) is 24.8 Å². The number of nitriles is 1. The third kappa shape index (κ3) is 4.89. The van der Waals surface area contributed by atoms with Crippen molar-refractivity contribution >= 4 is 40.0 Å². The van der Waals surface area contributed by atoms with E-state index in [4.69, 9.17) is 4.74 Å². The van der Waals surface area contributed by atoms with Gasteiger partial charge in [-0.1, -0.05) is 42.4 Å². The van der Waals surface area contributed by atoms with Crippen LogP contribution in [-0.4, -0.2) is 52.7 Å². The summed E-state index contributed by atoms with van der Waals surface area (Å²) in [7, 11) is 0. The number of thioether (sulfide) groups is 1. The van der Waals surface area contributed by atoms with Gasteiger partial charge < -0.3 is 19.5 Å². The van der Waals surface area contributed by atoms with E-state index < -0.39 is 0 Å². The highest BCUT2D eigenvalue weighted by Gasteiger charge is 2.26. The van der Waals surface area contributed by atoms with Crippen LogP contribution in [0, 0.1) is 25.2 Å². The minimum atomic E-state index is -0.126. The summed E-state index contributed by atoms with van der Waals surface area (Å²) in [4.78, 5) is 15.0. The molecule has 1 aliphatic carbocycles. The highest BCUT2D eigenvalue weighted by Crippen LogP contribution is 2.37. The number of hydrogen-bond donors (Lipinski definition) is 1. The highest BCUT2D eigenvalue weighted by molar-refractivity contribution is 8.01. The Morgan fingerprint density at radius 2 is 2.00 bits per heavy atom. The Hall–Kier alpha value is -2.09. The minimum Gasteiger partial charge on any atom is -0.378 e. The number of nitrogens with one attached hydrogen (secondary N) is 1. The molecule has 8 nitrogen and oxygen atoms in total. The zero-order valence-corrected chi connectivity index (χ0v) is 19.7. The number of amides is 1. The third-order valence-electron chi connectivity index (χ3n) is 6.07. The smallest absolute Gasteiger partial charge is 0.235 e. The Balaban J connectivity index is 1.43. The molecular weight excluding hydrogens is 432 g/mol. The van der Waals surface area contributed by atoms with Crippen LogP contribution in [0.2, 0.25) is 0 Å². The fraction of sp³-hybridized carbons (Fsp3) is 0.619. The van der Waals surface area contributed by atoms with E-state index in [-0.39, 0.29) is 11.7 Å². The van der Waals surface area contributed by atoms with E-state index in [2.05, 4.69) is 31.1 Å². The number of carbonyl (C=O) groups is 1. The van der Waals surface area contributed by atoms with Crippen LogP contribution in [0.1, 0.15) is 55.0 Å². The van der Waals surface area contributed by atoms with Gasteiger partial charge in [0.1, 0.15) is 11.9 Å². The molecule has 2 aromatic rings. The van der Waals surface area contributed by atoms with Gasteiger partial charge in [-0.05, 0) is 32.3 Å². The molecule has 2 fully saturated rings. The van der Waals surface area contributed by atoms with Crippen molar-refractivity contribution in [3.63, 3.8) is 0 Å². The molecule has 0 radical (unpaired) electrons. The largest absolute Gasteiger partial charge is 0.378 e. The lowest BCUT2D eigenvalue weighted by Crippen LogP contribution is -2.36. The second-order valence-electron chi connectivity index (χ2n) is 7.99. The number of rotatable bonds is 6. The fourth-order valence-electron chi connectivity index (χ4n) is 4.32. The van der Waals surface area contributed by atoms with Crippen molar-refractivity contribution in [3.8, 4) is 6.07 Å². The number of nitrogens with zero attached hydrogens (tertiary/aromatic N) is 5. The van der Waals surface area contributed by atoms with Crippen LogP contribution in [0.4, 0.5) is 10.9 Å². The van der Waals surface area contributed by atoms with Crippen molar-refractivity contribution in [1.82, 2.24) is 14.8 Å². The van der Waals surface area contributed by atoms with Gasteiger partial charge in [-0.2, -0.15) is 5.26 Å². The number of morpholine rings is 1. The molecule has 1 saturated carbocycles. The van der Waals surface area contributed by atoms with E-state index in [1.807, 2.05) is 13.8 Å². The highest BCUT2D eigenvalue weighted by atomic mass is 32.2. The van der Waals surface area contributed by atoms with Gasteiger partial charge in [0.2, 0.25) is 11.0 Å². The normalized spacial score (nSPS) is 17.5. The number of hydrogen-bond acceptors (Lipinski definition) is 8. The number of anilines is 2. The molecule has 1 saturated heterocycles. The maximum Gasteiger partial charge on any atom is 0.235 e. The SMILES string of the molecule is Cc1c(C#N)c(NC(=O)CSc2nnc(N3CCOCC3)s2)n(C2CCCCC2)c1C. The third-order valence-corrected chi connectivity index (χ3v) is 8.19. The summed E-state index contributed by atoms with van der Waals surface area (Å²) in [6.07, 6.45) is 5.82. The van der Waals surface area contributed by atoms with Gasteiger partial charge in [-0.15, -0.1) is 10.2 Å². The molecule has 10 heteroatoms. The quantitative estimate of drug-likeness (QED) is 0.653. The van der Waals surface area contributed by atoms with Crippen molar-refractivity contribution in [3.05, 3.63) is 16.8 Å². The molecule has 31 heavy (non-hydrogen) atoms. The van der Waals surface area contributed by atoms with Crippen LogP contribution in [0.3, 0.4) is 0 Å². The summed E-state index contributed by atoms with van der Waals surface area (Å²) in [6.45, 7) is 7.03. The summed E-state index contributed by atoms with van der Waals surface area (Å²) in [5.74, 6) is 0.761. The fourth-order valence-corrected chi connectivity index (χ4v) is 6.01. The van der Waals surface area contributed by atoms with Crippen LogP contribution in [-0.2, 0) is 9.53 Å². The molecule has 3 heterocycles. The first-order valence-corrected chi connectivity index (χ1v) is 12.6. The second kappa shape index (κ2) is 10.0. The van der Waals surface area contributed by atoms with Crippen LogP contribution >= 0.6 is 23.1 Å². The first-order valence-electron chi connectivity index (χ1n) is 10.8. The van der Waals surface area contributed by atoms with E-state index in [1.165, 1.54) is 42.4 Å². The molecule has 1 amide bonds. The average Bonchev–Trinajstić information content (AvgIpc) is 3.36. The molecule has 0 bridgehead atoms. The first kappa shape index (κ1) is 22.1. The lowest BCUT2D eigenvalue weighted by atomic mass is 9.95. The van der Waals surface area contributed by atoms with E-state index in [0.29, 0.717) is 30.6 Å². The van der Waals surface area contributed by atoms with Crippen LogP contribution in [0.25, 0.3) is 0 Å². The Bertz CT molecular complexity index is 967. The van der Waals surface area contributed by atoms with Crippen molar-refractivity contribution in [2.24, 2.45) is 0 Å². The molecule has 0 atom stereocenters. The van der Waals surface area contributed by atoms with Gasteiger partial charge in [0.15, 0.2) is 4.34 Å². The predicted octanol–water partition coefficient (Wildman–Crippen LogP) is 3.90. The number of ether oxygens (including phenoxy) is 1. The summed E-state index contributed by atoms with van der Waals surface area (Å²) in [5.41, 5.74) is 2.60. The topological polar surface area (TPSA) is 96.1 Å². The van der Waals surface area contributed by atoms with Gasteiger partial charge in [-0.3, -0.25) is 4.79 Å². The summed E-state index contributed by atoms with van der Waals surface area (Å²) < 4.78 is 8.34. The van der Waals surface area contributed by atoms with Gasteiger partial charge >= 0.3 is 0 Å². The Morgan fingerprint density at radius 1 is 1.26 bits per heavy atom. The molecule has 1 aliphatic heterocycles. The molecule has 4 rings (SSSR count). The van der Waals surface area contributed by atoms with Crippen LogP contribution < -0.4 is 10.2 Å². The molecule has 2 aromatic heterocycles. The monoisotopic (exact) mass is 460 g/mol. The Morgan fingerprint density at radius 3 is 2.71 bits per heavy atom. The van der Waals surface area contributed by atoms with E-state index in [0.717, 1.165) is 46.7 Å². The van der Waals surface area contributed by atoms with Crippen molar-refractivity contribution < 1.29 is 9.53 Å². The summed E-state index contributed by atoms with van der Waals surface area (Å²) in [5, 5.41) is 22.1. The molecule has 2 aliphatic rings. The second-order valence-corrected chi connectivity index (χ2v) is 10.2. The van der Waals surface area contributed by atoms with Crippen LogP contribution in [0.5, 0.6) is 0 Å². The standard InChI is InChI=1S/C21H28N6O2S2/c1-14-15(2)27(16-6-4-3-5-7-16)19(17(14)12-22)23-18(28)13-30-21-25-24-20(31-21)26-8-10-29-11-9-26/h16H,3-11,13H2,1-2H3,(H,23,28). The summed E-state index contributed by atoms with van der Waals surface area (Å²) >= 11 is 2.88. The maximum atomic E-state index is 12.8. The number of carbonyl (C=O) groups excluding carboxylic acids is 1. The van der Waals surface area contributed by atoms with Gasteiger partial charge in [0.05, 0.1) is 24.5 Å². The van der Waals surface area contributed by atoms with E-state index in [1.54, 1.807) is 0 Å². The Kier molecular flexibility index (Phi) is 7.15. The molecule has 166 valence electrons. The van der Waals surface area contributed by atoms with Crippen molar-refractivity contribution in [2.45, 2.75) is 56.3 Å². The minimum absolute atomic E-state index is 0.126. The van der Waals surface area contributed by atoms with E-state index >= 15 is 0 Å². The Labute approximate surface area is 191 Å². The predicted molar refractivity (Wildman–Crippen MR) is 123 cm³/mol. The van der Waals surface area contributed by atoms with Crippen molar-refractivity contribution in [1.29, 1.82) is 5.26 Å². The van der Waals surface area contributed by atoms with E-state index in [9.17, 15) is 10.1 Å². The summed E-state index contributed by atoms with van der Waals surface area (Å²) in [6, 6.07) is 2.65. The molecule has 0 unspecified atom stereocenters.